The van der Waals surface area contributed by atoms with Gasteiger partial charge in [0.2, 0.25) is 0 Å². The summed E-state index contributed by atoms with van der Waals surface area (Å²) in [6, 6.07) is 6.32. The van der Waals surface area contributed by atoms with Crippen molar-refractivity contribution in [2.24, 2.45) is 0 Å². The van der Waals surface area contributed by atoms with E-state index < -0.39 is 0 Å². The maximum Gasteiger partial charge on any atom is 0.0323 e. The summed E-state index contributed by atoms with van der Waals surface area (Å²) in [6.07, 6.45) is 3.33. The predicted molar refractivity (Wildman–Crippen MR) is 78.7 cm³/mol. The molecule has 0 aliphatic carbocycles. The summed E-state index contributed by atoms with van der Waals surface area (Å²) in [7, 11) is 0. The molecular weight excluding hydrogens is 330 g/mol. The zero-order valence-corrected chi connectivity index (χ0v) is 12.9. The third-order valence-corrected chi connectivity index (χ3v) is 4.25. The third kappa shape index (κ3) is 4.40. The Morgan fingerprint density at radius 1 is 1.25 bits per heavy atom. The molecular formula is C13H17Br2N. The first-order chi connectivity index (χ1) is 7.67. The fraction of sp³-hybridized carbons (Fsp3) is 0.385. The van der Waals surface area contributed by atoms with Crippen LogP contribution in [0.4, 0.5) is 0 Å². The maximum absolute atomic E-state index is 3.52. The monoisotopic (exact) mass is 345 g/mol. The van der Waals surface area contributed by atoms with Crippen LogP contribution < -0.4 is 5.32 Å². The van der Waals surface area contributed by atoms with Gasteiger partial charge in [-0.25, -0.2) is 0 Å². The molecule has 0 bridgehead atoms. The first-order valence-corrected chi connectivity index (χ1v) is 7.11. The van der Waals surface area contributed by atoms with Crippen LogP contribution in [0.3, 0.4) is 0 Å². The highest BCUT2D eigenvalue weighted by Gasteiger charge is 1.98. The number of benzene rings is 1. The van der Waals surface area contributed by atoms with E-state index in [1.165, 1.54) is 11.1 Å². The average molecular weight is 347 g/mol. The van der Waals surface area contributed by atoms with Crippen LogP contribution in [0.2, 0.25) is 0 Å². The van der Waals surface area contributed by atoms with Gasteiger partial charge in [0.25, 0.3) is 0 Å². The third-order valence-electron chi connectivity index (χ3n) is 2.37. The van der Waals surface area contributed by atoms with E-state index in [0.29, 0.717) is 0 Å². The van der Waals surface area contributed by atoms with Crippen LogP contribution in [-0.4, -0.2) is 13.1 Å². The molecule has 0 aromatic heterocycles. The summed E-state index contributed by atoms with van der Waals surface area (Å²) >= 11 is 6.99. The van der Waals surface area contributed by atoms with Gasteiger partial charge in [0.1, 0.15) is 0 Å². The first-order valence-electron chi connectivity index (χ1n) is 5.52. The van der Waals surface area contributed by atoms with Crippen LogP contribution in [0, 0.1) is 0 Å². The molecule has 3 heteroatoms. The summed E-state index contributed by atoms with van der Waals surface area (Å²) in [5.41, 5.74) is 2.67. The molecule has 0 heterocycles. The van der Waals surface area contributed by atoms with E-state index in [1.54, 1.807) is 0 Å². The normalized spacial score (nSPS) is 11.9. The van der Waals surface area contributed by atoms with Gasteiger partial charge in [-0.1, -0.05) is 31.6 Å². The van der Waals surface area contributed by atoms with Crippen molar-refractivity contribution in [1.29, 1.82) is 0 Å². The zero-order chi connectivity index (χ0) is 12.0. The van der Waals surface area contributed by atoms with Gasteiger partial charge in [-0.2, -0.15) is 0 Å². The van der Waals surface area contributed by atoms with Gasteiger partial charge < -0.3 is 5.32 Å². The minimum absolute atomic E-state index is 0.973. The van der Waals surface area contributed by atoms with Gasteiger partial charge in [0.15, 0.2) is 0 Å². The Morgan fingerprint density at radius 2 is 2.00 bits per heavy atom. The van der Waals surface area contributed by atoms with Crippen LogP contribution in [-0.2, 0) is 0 Å². The summed E-state index contributed by atoms with van der Waals surface area (Å²) < 4.78 is 2.19. The second-order valence-electron chi connectivity index (χ2n) is 3.61. The van der Waals surface area contributed by atoms with Crippen LogP contribution in [0.5, 0.6) is 0 Å². The molecule has 0 radical (unpaired) electrons. The van der Waals surface area contributed by atoms with E-state index in [4.69, 9.17) is 0 Å². The van der Waals surface area contributed by atoms with E-state index in [0.717, 1.165) is 28.5 Å². The fourth-order valence-corrected chi connectivity index (χ4v) is 2.04. The second kappa shape index (κ2) is 7.25. The number of rotatable bonds is 5. The minimum atomic E-state index is 0.973. The number of hydrogen-bond donors (Lipinski definition) is 1. The quantitative estimate of drug-likeness (QED) is 0.820. The molecule has 0 amide bonds. The van der Waals surface area contributed by atoms with E-state index in [2.05, 4.69) is 75.3 Å². The summed E-state index contributed by atoms with van der Waals surface area (Å²) in [4.78, 5) is 0. The molecule has 1 rings (SSSR count). The van der Waals surface area contributed by atoms with Crippen molar-refractivity contribution in [2.45, 2.75) is 20.3 Å². The predicted octanol–water partition coefficient (Wildman–Crippen LogP) is 4.61. The van der Waals surface area contributed by atoms with Crippen molar-refractivity contribution in [2.75, 3.05) is 13.1 Å². The van der Waals surface area contributed by atoms with Crippen molar-refractivity contribution in [1.82, 2.24) is 5.32 Å². The second-order valence-corrected chi connectivity index (χ2v) is 5.32. The van der Waals surface area contributed by atoms with Gasteiger partial charge in [0, 0.05) is 15.5 Å². The molecule has 1 nitrogen and oxygen atoms in total. The number of hydrogen-bond acceptors (Lipinski definition) is 1. The maximum atomic E-state index is 3.52. The molecule has 1 aromatic rings. The Bertz CT molecular complexity index is 372. The molecule has 0 aliphatic rings. The van der Waals surface area contributed by atoms with E-state index >= 15 is 0 Å². The average Bonchev–Trinajstić information content (AvgIpc) is 2.29. The smallest absolute Gasteiger partial charge is 0.0323 e. The molecule has 1 N–H and O–H groups in total. The molecule has 0 saturated carbocycles. The molecule has 1 aromatic carbocycles. The SMILES string of the molecule is CCNC/C(=C/c1ccc(Br)c(Br)c1)CC. The van der Waals surface area contributed by atoms with Crippen molar-refractivity contribution >= 4 is 37.9 Å². The first kappa shape index (κ1) is 13.9. The van der Waals surface area contributed by atoms with Gasteiger partial charge in [-0.15, -0.1) is 0 Å². The van der Waals surface area contributed by atoms with Gasteiger partial charge >= 0.3 is 0 Å². The fourth-order valence-electron chi connectivity index (χ4n) is 1.40. The van der Waals surface area contributed by atoms with E-state index in [1.807, 2.05) is 0 Å². The number of halogens is 2. The van der Waals surface area contributed by atoms with Gasteiger partial charge in [-0.3, -0.25) is 0 Å². The van der Waals surface area contributed by atoms with E-state index in [9.17, 15) is 0 Å². The lowest BCUT2D eigenvalue weighted by molar-refractivity contribution is 0.762. The van der Waals surface area contributed by atoms with Crippen molar-refractivity contribution in [3.05, 3.63) is 38.3 Å². The molecule has 0 unspecified atom stereocenters. The van der Waals surface area contributed by atoms with Gasteiger partial charge in [0.05, 0.1) is 0 Å². The number of likely N-dealkylation sites (N-methyl/N-ethyl adjacent to an activating group) is 1. The molecule has 0 saturated heterocycles. The minimum Gasteiger partial charge on any atom is -0.313 e. The summed E-state index contributed by atoms with van der Waals surface area (Å²) in [5, 5.41) is 3.36. The Labute approximate surface area is 115 Å². The highest BCUT2D eigenvalue weighted by molar-refractivity contribution is 9.13. The molecule has 16 heavy (non-hydrogen) atoms. The standard InChI is InChI=1S/C13H17Br2N/c1-3-10(9-16-4-2)7-11-5-6-12(14)13(15)8-11/h5-8,16H,3-4,9H2,1-2H3/b10-7+. The molecule has 0 aliphatic heterocycles. The topological polar surface area (TPSA) is 12.0 Å². The Kier molecular flexibility index (Phi) is 6.32. The summed E-state index contributed by atoms with van der Waals surface area (Å²) in [6.45, 7) is 6.31. The van der Waals surface area contributed by atoms with E-state index in [-0.39, 0.29) is 0 Å². The lowest BCUT2D eigenvalue weighted by Gasteiger charge is -2.06. The Morgan fingerprint density at radius 3 is 2.56 bits per heavy atom. The lowest BCUT2D eigenvalue weighted by Crippen LogP contribution is -2.15. The summed E-state index contributed by atoms with van der Waals surface area (Å²) in [5.74, 6) is 0. The van der Waals surface area contributed by atoms with Crippen LogP contribution in [0.1, 0.15) is 25.8 Å². The lowest BCUT2D eigenvalue weighted by atomic mass is 10.1. The Balaban J connectivity index is 2.82. The molecule has 0 atom stereocenters. The molecule has 0 fully saturated rings. The van der Waals surface area contributed by atoms with Crippen LogP contribution in [0.15, 0.2) is 32.7 Å². The van der Waals surface area contributed by atoms with Crippen molar-refractivity contribution < 1.29 is 0 Å². The number of nitrogens with one attached hydrogen (secondary N) is 1. The molecule has 88 valence electrons. The van der Waals surface area contributed by atoms with Crippen molar-refractivity contribution in [3.63, 3.8) is 0 Å². The van der Waals surface area contributed by atoms with Crippen LogP contribution >= 0.6 is 31.9 Å². The molecule has 0 spiro atoms. The zero-order valence-electron chi connectivity index (χ0n) is 9.69. The van der Waals surface area contributed by atoms with Crippen LogP contribution in [0.25, 0.3) is 6.08 Å². The Hall–Kier alpha value is -0.120. The van der Waals surface area contributed by atoms with Gasteiger partial charge in [-0.05, 0) is 62.5 Å². The highest BCUT2D eigenvalue weighted by atomic mass is 79.9. The van der Waals surface area contributed by atoms with Crippen molar-refractivity contribution in [3.8, 4) is 0 Å². The largest absolute Gasteiger partial charge is 0.313 e. The highest BCUT2D eigenvalue weighted by Crippen LogP contribution is 2.24.